The number of hydrogen-bond donors (Lipinski definition) is 3. The van der Waals surface area contributed by atoms with Crippen LogP contribution < -0.4 is 16.4 Å². The van der Waals surface area contributed by atoms with Crippen molar-refractivity contribution >= 4 is 28.3 Å². The van der Waals surface area contributed by atoms with Crippen molar-refractivity contribution in [2.45, 2.75) is 58.8 Å². The maximum absolute atomic E-state index is 12.9. The number of nitrogen functional groups attached to an aromatic ring is 1. The molecule has 0 unspecified atom stereocenters. The van der Waals surface area contributed by atoms with Crippen molar-refractivity contribution in [1.29, 1.82) is 0 Å². The quantitative estimate of drug-likeness (QED) is 0.580. The molecule has 0 fully saturated rings. The van der Waals surface area contributed by atoms with Crippen LogP contribution in [0.1, 0.15) is 36.8 Å². The Morgan fingerprint density at radius 1 is 1.17 bits per heavy atom. The van der Waals surface area contributed by atoms with Gasteiger partial charge in [-0.15, -0.1) is 11.3 Å². The molecule has 2 atom stereocenters. The number of aryl methyl sites for hydroxylation is 1. The van der Waals surface area contributed by atoms with Crippen LogP contribution in [0.4, 0.5) is 5.13 Å². The lowest BCUT2D eigenvalue weighted by Gasteiger charge is -2.29. The fourth-order valence-corrected chi connectivity index (χ4v) is 3.42. The van der Waals surface area contributed by atoms with E-state index in [1.165, 1.54) is 11.3 Å². The molecular formula is C21H31N5O2S. The molecule has 0 spiro atoms. The average molecular weight is 418 g/mol. The number of anilines is 1. The number of rotatable bonds is 9. The zero-order valence-corrected chi connectivity index (χ0v) is 18.5. The molecule has 8 heteroatoms. The summed E-state index contributed by atoms with van der Waals surface area (Å²) < 4.78 is 0. The highest BCUT2D eigenvalue weighted by molar-refractivity contribution is 7.15. The van der Waals surface area contributed by atoms with Crippen molar-refractivity contribution in [3.8, 4) is 0 Å². The summed E-state index contributed by atoms with van der Waals surface area (Å²) in [5, 5.41) is 6.28. The number of nitrogens with two attached hydrogens (primary N) is 1. The highest BCUT2D eigenvalue weighted by atomic mass is 32.1. The minimum Gasteiger partial charge on any atom is -0.375 e. The molecule has 0 saturated heterocycles. The summed E-state index contributed by atoms with van der Waals surface area (Å²) >= 11 is 1.33. The minimum absolute atomic E-state index is 0.171. The van der Waals surface area contributed by atoms with Gasteiger partial charge in [0.25, 0.3) is 0 Å². The smallest absolute Gasteiger partial charge is 0.243 e. The van der Waals surface area contributed by atoms with Gasteiger partial charge in [0.15, 0.2) is 5.13 Å². The molecular weight excluding hydrogens is 386 g/mol. The minimum atomic E-state index is -0.668. The van der Waals surface area contributed by atoms with Gasteiger partial charge < -0.3 is 16.4 Å². The Morgan fingerprint density at radius 3 is 2.38 bits per heavy atom. The Morgan fingerprint density at radius 2 is 1.83 bits per heavy atom. The van der Waals surface area contributed by atoms with Crippen molar-refractivity contribution in [3.05, 3.63) is 46.5 Å². The number of carbonyl (C=O) groups is 2. The molecule has 1 aromatic carbocycles. The fraction of sp³-hybridized carbons (Fsp3) is 0.476. The third-order valence-electron chi connectivity index (χ3n) is 5.01. The predicted molar refractivity (Wildman–Crippen MR) is 118 cm³/mol. The summed E-state index contributed by atoms with van der Waals surface area (Å²) in [4.78, 5) is 32.5. The number of thiazole rings is 1. The molecule has 7 nitrogen and oxygen atoms in total. The number of benzene rings is 1. The number of aromatic nitrogens is 1. The van der Waals surface area contributed by atoms with Crippen LogP contribution in [-0.4, -0.2) is 46.9 Å². The zero-order valence-electron chi connectivity index (χ0n) is 17.7. The molecule has 2 rings (SSSR count). The summed E-state index contributed by atoms with van der Waals surface area (Å²) in [6.07, 6.45) is 2.06. The molecule has 4 N–H and O–H groups in total. The van der Waals surface area contributed by atoms with Gasteiger partial charge in [0, 0.05) is 23.5 Å². The second-order valence-corrected chi connectivity index (χ2v) is 8.72. The number of nitrogens with zero attached hydrogens (tertiary/aromatic N) is 2. The van der Waals surface area contributed by atoms with Crippen LogP contribution in [0, 0.1) is 6.92 Å². The SMILES string of the molecule is Cc1ccc(C[C@H](NC(=O)[C@H](C)N(C)C(C)C)C(=O)NCc2cnc(N)s2)cc1. The summed E-state index contributed by atoms with van der Waals surface area (Å²) in [7, 11) is 1.90. The van der Waals surface area contributed by atoms with Gasteiger partial charge in [0.2, 0.25) is 11.8 Å². The molecule has 158 valence electrons. The van der Waals surface area contributed by atoms with E-state index in [2.05, 4.69) is 15.6 Å². The highest BCUT2D eigenvalue weighted by Crippen LogP contribution is 2.14. The Kier molecular flexibility index (Phi) is 8.16. The average Bonchev–Trinajstić information content (AvgIpc) is 3.11. The second kappa shape index (κ2) is 10.4. The van der Waals surface area contributed by atoms with Crippen LogP contribution in [0.2, 0.25) is 0 Å². The lowest BCUT2D eigenvalue weighted by atomic mass is 10.0. The van der Waals surface area contributed by atoms with Crippen LogP contribution in [0.15, 0.2) is 30.5 Å². The number of hydrogen-bond acceptors (Lipinski definition) is 6. The Labute approximate surface area is 176 Å². The molecule has 2 aromatic rings. The van der Waals surface area contributed by atoms with E-state index in [0.29, 0.717) is 18.1 Å². The van der Waals surface area contributed by atoms with Crippen LogP contribution in [-0.2, 0) is 22.6 Å². The number of carbonyl (C=O) groups excluding carboxylic acids is 2. The van der Waals surface area contributed by atoms with Crippen LogP contribution in [0.5, 0.6) is 0 Å². The summed E-state index contributed by atoms with van der Waals surface area (Å²) in [6, 6.07) is 7.17. The molecule has 29 heavy (non-hydrogen) atoms. The Hall–Kier alpha value is -2.45. The van der Waals surface area contributed by atoms with E-state index in [1.54, 1.807) is 6.20 Å². The van der Waals surface area contributed by atoms with Gasteiger partial charge in [-0.1, -0.05) is 29.8 Å². The standard InChI is InChI=1S/C21H31N5O2S/c1-13(2)26(5)15(4)19(27)25-18(10-16-8-6-14(3)7-9-16)20(28)23-11-17-12-24-21(22)29-17/h6-9,12-13,15,18H,10-11H2,1-5H3,(H2,22,24)(H,23,28)(H,25,27)/t15-,18-/m0/s1. The van der Waals surface area contributed by atoms with E-state index in [1.807, 2.05) is 63.9 Å². The summed E-state index contributed by atoms with van der Waals surface area (Å²) in [6.45, 7) is 8.24. The van der Waals surface area contributed by atoms with Gasteiger partial charge in [0.05, 0.1) is 12.6 Å². The first-order valence-corrected chi connectivity index (χ1v) is 10.5. The van der Waals surface area contributed by atoms with E-state index in [4.69, 9.17) is 5.73 Å². The Bertz CT molecular complexity index is 819. The molecule has 2 amide bonds. The van der Waals surface area contributed by atoms with Gasteiger partial charge in [-0.25, -0.2) is 4.98 Å². The van der Waals surface area contributed by atoms with Gasteiger partial charge in [0.1, 0.15) is 6.04 Å². The second-order valence-electron chi connectivity index (χ2n) is 7.57. The Balaban J connectivity index is 2.09. The van der Waals surface area contributed by atoms with Crippen molar-refractivity contribution in [2.75, 3.05) is 12.8 Å². The van der Waals surface area contributed by atoms with E-state index in [0.717, 1.165) is 16.0 Å². The first kappa shape index (κ1) is 22.8. The molecule has 0 aliphatic heterocycles. The molecule has 0 aliphatic rings. The van der Waals surface area contributed by atoms with Crippen molar-refractivity contribution < 1.29 is 9.59 Å². The third kappa shape index (κ3) is 6.83. The van der Waals surface area contributed by atoms with Gasteiger partial charge >= 0.3 is 0 Å². The van der Waals surface area contributed by atoms with Crippen molar-refractivity contribution in [2.24, 2.45) is 0 Å². The molecule has 1 heterocycles. The summed E-state index contributed by atoms with van der Waals surface area (Å²) in [5.74, 6) is -0.402. The van der Waals surface area contributed by atoms with Crippen LogP contribution in [0.3, 0.4) is 0 Å². The van der Waals surface area contributed by atoms with Gasteiger partial charge in [-0.05, 0) is 40.3 Å². The van der Waals surface area contributed by atoms with Crippen LogP contribution in [0.25, 0.3) is 0 Å². The van der Waals surface area contributed by atoms with Crippen LogP contribution >= 0.6 is 11.3 Å². The largest absolute Gasteiger partial charge is 0.375 e. The van der Waals surface area contributed by atoms with E-state index < -0.39 is 6.04 Å². The molecule has 0 radical (unpaired) electrons. The normalized spacial score (nSPS) is 13.3. The zero-order chi connectivity index (χ0) is 21.6. The summed E-state index contributed by atoms with van der Waals surface area (Å²) in [5.41, 5.74) is 7.78. The monoisotopic (exact) mass is 417 g/mol. The molecule has 0 saturated carbocycles. The number of amides is 2. The van der Waals surface area contributed by atoms with Crippen molar-refractivity contribution in [1.82, 2.24) is 20.5 Å². The highest BCUT2D eigenvalue weighted by Gasteiger charge is 2.26. The van der Waals surface area contributed by atoms with Gasteiger partial charge in [-0.2, -0.15) is 0 Å². The number of likely N-dealkylation sites (N-methyl/N-ethyl adjacent to an activating group) is 1. The lowest BCUT2D eigenvalue weighted by Crippen LogP contribution is -2.53. The van der Waals surface area contributed by atoms with Gasteiger partial charge in [-0.3, -0.25) is 14.5 Å². The fourth-order valence-electron chi connectivity index (χ4n) is 2.80. The topological polar surface area (TPSA) is 100 Å². The first-order chi connectivity index (χ1) is 13.7. The van der Waals surface area contributed by atoms with E-state index in [-0.39, 0.29) is 23.9 Å². The number of nitrogens with one attached hydrogen (secondary N) is 2. The van der Waals surface area contributed by atoms with E-state index in [9.17, 15) is 9.59 Å². The first-order valence-electron chi connectivity index (χ1n) is 9.73. The lowest BCUT2D eigenvalue weighted by molar-refractivity contribution is -0.131. The third-order valence-corrected chi connectivity index (χ3v) is 5.83. The molecule has 1 aromatic heterocycles. The predicted octanol–water partition coefficient (Wildman–Crippen LogP) is 2.11. The maximum atomic E-state index is 12.9. The molecule has 0 aliphatic carbocycles. The van der Waals surface area contributed by atoms with E-state index >= 15 is 0 Å². The van der Waals surface area contributed by atoms with Crippen molar-refractivity contribution in [3.63, 3.8) is 0 Å². The molecule has 0 bridgehead atoms. The maximum Gasteiger partial charge on any atom is 0.243 e.